The van der Waals surface area contributed by atoms with Crippen molar-refractivity contribution in [2.75, 3.05) is 42.5 Å². The molecule has 50 heavy (non-hydrogen) atoms. The van der Waals surface area contributed by atoms with Crippen molar-refractivity contribution in [1.82, 2.24) is 14.9 Å². The lowest BCUT2D eigenvalue weighted by molar-refractivity contribution is 0.0697. The average molecular weight is 692 g/mol. The number of aromatic amines is 1. The van der Waals surface area contributed by atoms with Crippen LogP contribution in [0.2, 0.25) is 0 Å². The molecular weight excluding hydrogens is 650 g/mol. The highest BCUT2D eigenvalue weighted by Gasteiger charge is 2.34. The summed E-state index contributed by atoms with van der Waals surface area (Å²) >= 11 is 1.97. The molecule has 0 bridgehead atoms. The smallest absolute Gasteiger partial charge is 0.335 e. The third-order valence-electron chi connectivity index (χ3n) is 10.5. The molecule has 1 unspecified atom stereocenters. The summed E-state index contributed by atoms with van der Waals surface area (Å²) < 4.78 is 20.3. The lowest BCUT2D eigenvalue weighted by Gasteiger charge is -2.43. The van der Waals surface area contributed by atoms with E-state index in [4.69, 9.17) is 4.74 Å². The standard InChI is InChI=1S/C40H42FN5O3S/c1-40(2)14-11-28(34(21-40)36-20-29-24-45(16-13-35(29)50-36)31-9-5-30(41)6-10-31)23-44-17-18-46(32-7-3-26(4-8-32)39(47)48)37(25-44)49-33-19-27-12-15-42-38(27)43-22-33/h3-10,12,15,19-20,22,37H,11,13-14,16-18,21,23-25H2,1-2H3,(H,42,43)(H,47,48). The molecule has 5 aromatic rings. The summed E-state index contributed by atoms with van der Waals surface area (Å²) in [4.78, 5) is 29.2. The third-order valence-corrected chi connectivity index (χ3v) is 11.8. The van der Waals surface area contributed by atoms with Crippen molar-refractivity contribution in [2.24, 2.45) is 5.41 Å². The summed E-state index contributed by atoms with van der Waals surface area (Å²) in [6, 6.07) is 20.4. The second-order valence-corrected chi connectivity index (χ2v) is 15.7. The number of ether oxygens (including phenoxy) is 1. The van der Waals surface area contributed by atoms with Crippen LogP contribution in [0.4, 0.5) is 15.8 Å². The fourth-order valence-corrected chi connectivity index (χ4v) is 8.93. The quantitative estimate of drug-likeness (QED) is 0.170. The van der Waals surface area contributed by atoms with Crippen LogP contribution in [0.1, 0.15) is 58.8 Å². The number of allylic oxidation sites excluding steroid dienone is 1. The van der Waals surface area contributed by atoms with E-state index in [1.807, 2.05) is 53.9 Å². The average Bonchev–Trinajstić information content (AvgIpc) is 3.76. The van der Waals surface area contributed by atoms with Gasteiger partial charge in [-0.1, -0.05) is 19.4 Å². The molecule has 2 aliphatic heterocycles. The fraction of sp³-hybridized carbons (Fsp3) is 0.350. The number of carboxylic acids is 1. The van der Waals surface area contributed by atoms with Gasteiger partial charge in [0.15, 0.2) is 6.23 Å². The number of carbonyl (C=O) groups is 1. The molecule has 8 nitrogen and oxygen atoms in total. The van der Waals surface area contributed by atoms with Gasteiger partial charge in [0.05, 0.1) is 18.3 Å². The van der Waals surface area contributed by atoms with Crippen molar-refractivity contribution in [1.29, 1.82) is 0 Å². The predicted molar refractivity (Wildman–Crippen MR) is 198 cm³/mol. The van der Waals surface area contributed by atoms with E-state index in [-0.39, 0.29) is 23.0 Å². The molecule has 1 aliphatic carbocycles. The highest BCUT2D eigenvalue weighted by Crippen LogP contribution is 2.46. The Morgan fingerprint density at radius 1 is 1.04 bits per heavy atom. The van der Waals surface area contributed by atoms with Gasteiger partial charge in [0.25, 0.3) is 0 Å². The molecule has 2 N–H and O–H groups in total. The van der Waals surface area contributed by atoms with Crippen LogP contribution in [0.25, 0.3) is 16.6 Å². The Balaban J connectivity index is 1.06. The van der Waals surface area contributed by atoms with E-state index in [0.717, 1.165) is 80.8 Å². The molecule has 0 amide bonds. The Morgan fingerprint density at radius 3 is 2.64 bits per heavy atom. The van der Waals surface area contributed by atoms with Gasteiger partial charge in [-0.25, -0.2) is 14.2 Å². The van der Waals surface area contributed by atoms with Crippen LogP contribution >= 0.6 is 11.3 Å². The lowest BCUT2D eigenvalue weighted by atomic mass is 9.73. The van der Waals surface area contributed by atoms with E-state index in [1.165, 1.54) is 26.5 Å². The van der Waals surface area contributed by atoms with Gasteiger partial charge in [-0.3, -0.25) is 4.90 Å². The number of thiophene rings is 1. The first-order valence-electron chi connectivity index (χ1n) is 17.4. The molecular formula is C40H42FN5O3S. The lowest BCUT2D eigenvalue weighted by Crippen LogP contribution is -2.56. The van der Waals surface area contributed by atoms with Crippen LogP contribution in [-0.2, 0) is 13.0 Å². The molecule has 10 heteroatoms. The Morgan fingerprint density at radius 2 is 1.84 bits per heavy atom. The number of aromatic carboxylic acids is 1. The summed E-state index contributed by atoms with van der Waals surface area (Å²) in [5.74, 6) is -0.432. The molecule has 258 valence electrons. The minimum atomic E-state index is -0.934. The number of H-pyrrole nitrogens is 1. The molecule has 1 atom stereocenters. The normalized spacial score (nSPS) is 19.5. The molecule has 0 spiro atoms. The number of nitrogens with one attached hydrogen (secondary N) is 1. The zero-order chi connectivity index (χ0) is 34.4. The Hall–Kier alpha value is -4.67. The predicted octanol–water partition coefficient (Wildman–Crippen LogP) is 8.22. The van der Waals surface area contributed by atoms with Gasteiger partial charge >= 0.3 is 5.97 Å². The summed E-state index contributed by atoms with van der Waals surface area (Å²) in [6.45, 7) is 9.76. The number of carboxylic acid groups (broad SMARTS) is 1. The highest BCUT2D eigenvalue weighted by atomic mass is 32.1. The first-order chi connectivity index (χ1) is 24.2. The molecule has 8 rings (SSSR count). The number of anilines is 2. The topological polar surface area (TPSA) is 84.9 Å². The number of fused-ring (bicyclic) bond motifs is 2. The second-order valence-electron chi connectivity index (χ2n) is 14.6. The van der Waals surface area contributed by atoms with E-state index in [9.17, 15) is 14.3 Å². The maximum atomic E-state index is 13.6. The molecule has 1 fully saturated rings. The van der Waals surface area contributed by atoms with Gasteiger partial charge in [0, 0.05) is 65.4 Å². The van der Waals surface area contributed by atoms with Gasteiger partial charge in [0.2, 0.25) is 0 Å². The molecule has 3 aromatic heterocycles. The van der Waals surface area contributed by atoms with E-state index in [0.29, 0.717) is 12.3 Å². The molecule has 1 saturated heterocycles. The van der Waals surface area contributed by atoms with Crippen LogP contribution in [0.3, 0.4) is 0 Å². The molecule has 2 aromatic carbocycles. The van der Waals surface area contributed by atoms with Crippen LogP contribution in [0, 0.1) is 11.2 Å². The van der Waals surface area contributed by atoms with Crippen molar-refractivity contribution in [3.8, 4) is 5.75 Å². The van der Waals surface area contributed by atoms with E-state index in [2.05, 4.69) is 44.6 Å². The summed E-state index contributed by atoms with van der Waals surface area (Å²) in [5, 5.41) is 10.5. The zero-order valence-corrected chi connectivity index (χ0v) is 29.3. The van der Waals surface area contributed by atoms with Crippen LogP contribution < -0.4 is 14.5 Å². The number of hydrogen-bond acceptors (Lipinski definition) is 7. The minimum Gasteiger partial charge on any atom is -0.478 e. The number of benzene rings is 2. The van der Waals surface area contributed by atoms with Crippen molar-refractivity contribution in [3.05, 3.63) is 111 Å². The number of piperazine rings is 1. The van der Waals surface area contributed by atoms with Crippen LogP contribution in [0.5, 0.6) is 5.75 Å². The maximum absolute atomic E-state index is 13.6. The Kier molecular flexibility index (Phi) is 8.60. The van der Waals surface area contributed by atoms with Crippen molar-refractivity contribution in [3.63, 3.8) is 0 Å². The van der Waals surface area contributed by atoms with Gasteiger partial charge < -0.3 is 24.6 Å². The summed E-state index contributed by atoms with van der Waals surface area (Å²) in [7, 11) is 0. The number of hydrogen-bond donors (Lipinski definition) is 2. The van der Waals surface area contributed by atoms with Gasteiger partial charge in [-0.05, 0) is 109 Å². The number of nitrogens with zero attached hydrogens (tertiary/aromatic N) is 4. The number of aromatic nitrogens is 2. The molecule has 3 aliphatic rings. The first-order valence-corrected chi connectivity index (χ1v) is 18.2. The summed E-state index contributed by atoms with van der Waals surface area (Å²) in [5.41, 5.74) is 7.74. The van der Waals surface area contributed by atoms with Gasteiger partial charge in [-0.15, -0.1) is 11.3 Å². The first kappa shape index (κ1) is 32.5. The van der Waals surface area contributed by atoms with Crippen molar-refractivity contribution < 1.29 is 19.0 Å². The summed E-state index contributed by atoms with van der Waals surface area (Å²) in [6.07, 6.45) is 7.65. The maximum Gasteiger partial charge on any atom is 0.335 e. The van der Waals surface area contributed by atoms with E-state index >= 15 is 0 Å². The van der Waals surface area contributed by atoms with E-state index < -0.39 is 5.97 Å². The van der Waals surface area contributed by atoms with Crippen LogP contribution in [0.15, 0.2) is 84.7 Å². The molecule has 0 radical (unpaired) electrons. The van der Waals surface area contributed by atoms with Crippen molar-refractivity contribution in [2.45, 2.75) is 52.3 Å². The number of pyridine rings is 1. The molecule has 5 heterocycles. The number of rotatable bonds is 8. The Labute approximate surface area is 295 Å². The second kappa shape index (κ2) is 13.2. The van der Waals surface area contributed by atoms with Crippen LogP contribution in [-0.4, -0.2) is 64.9 Å². The van der Waals surface area contributed by atoms with Gasteiger partial charge in [0.1, 0.15) is 17.2 Å². The largest absolute Gasteiger partial charge is 0.478 e. The monoisotopic (exact) mass is 691 g/mol. The minimum absolute atomic E-state index is 0.201. The molecule has 0 saturated carbocycles. The number of halogens is 1. The Bertz CT molecular complexity index is 2050. The third kappa shape index (κ3) is 6.74. The van der Waals surface area contributed by atoms with Gasteiger partial charge in [-0.2, -0.15) is 0 Å². The van der Waals surface area contributed by atoms with Crippen molar-refractivity contribution >= 4 is 45.3 Å². The van der Waals surface area contributed by atoms with E-state index in [1.54, 1.807) is 30.5 Å². The highest BCUT2D eigenvalue weighted by molar-refractivity contribution is 7.13. The zero-order valence-electron chi connectivity index (χ0n) is 28.5. The SMILES string of the molecule is CC1(C)CCC(CN2CCN(c3ccc(C(=O)O)cc3)C(Oc3cnc4[nH]ccc4c3)C2)=C(c2cc3c(s2)CCN(c2ccc(F)cc2)C3)C1. The fourth-order valence-electron chi connectivity index (χ4n) is 7.67.